The smallest absolute Gasteiger partial charge is 0.238 e. The van der Waals surface area contributed by atoms with Gasteiger partial charge in [-0.2, -0.15) is 0 Å². The minimum absolute atomic E-state index is 0.0796. The first-order valence-electron chi connectivity index (χ1n) is 4.51. The molecule has 5 heteroatoms. The van der Waals surface area contributed by atoms with E-state index in [9.17, 15) is 13.2 Å². The molecule has 0 saturated carbocycles. The van der Waals surface area contributed by atoms with Gasteiger partial charge in [0.05, 0.1) is 4.90 Å². The molecular weight excluding hydrogens is 214 g/mol. The van der Waals surface area contributed by atoms with Gasteiger partial charge >= 0.3 is 0 Å². The van der Waals surface area contributed by atoms with Crippen molar-refractivity contribution in [3.63, 3.8) is 0 Å². The second-order valence-electron chi connectivity index (χ2n) is 3.39. The monoisotopic (exact) mass is 227 g/mol. The molecule has 1 aromatic rings. The van der Waals surface area contributed by atoms with Gasteiger partial charge in [0, 0.05) is 6.42 Å². The van der Waals surface area contributed by atoms with Gasteiger partial charge in [-0.25, -0.2) is 13.6 Å². The number of hydrogen-bond donors (Lipinski definition) is 1. The first kappa shape index (κ1) is 11.9. The predicted octanol–water partition coefficient (Wildman–Crippen LogP) is 0.856. The van der Waals surface area contributed by atoms with Crippen LogP contribution < -0.4 is 5.14 Å². The largest absolute Gasteiger partial charge is 0.300 e. The number of carbonyl (C=O) groups is 1. The van der Waals surface area contributed by atoms with Crippen LogP contribution in [-0.4, -0.2) is 14.2 Å². The summed E-state index contributed by atoms with van der Waals surface area (Å²) in [6.45, 7) is 1.50. The summed E-state index contributed by atoms with van der Waals surface area (Å²) in [7, 11) is -3.65. The summed E-state index contributed by atoms with van der Waals surface area (Å²) < 4.78 is 22.1. The number of nitrogens with two attached hydrogens (primary N) is 1. The van der Waals surface area contributed by atoms with Crippen molar-refractivity contribution in [1.82, 2.24) is 0 Å². The molecule has 0 heterocycles. The average molecular weight is 227 g/mol. The Labute approximate surface area is 89.2 Å². The van der Waals surface area contributed by atoms with E-state index in [0.29, 0.717) is 12.8 Å². The molecule has 0 amide bonds. The Morgan fingerprint density at radius 3 is 2.60 bits per heavy atom. The van der Waals surface area contributed by atoms with E-state index in [-0.39, 0.29) is 10.7 Å². The molecule has 1 aromatic carbocycles. The Balaban J connectivity index is 2.89. The van der Waals surface area contributed by atoms with Gasteiger partial charge < -0.3 is 4.79 Å². The van der Waals surface area contributed by atoms with E-state index in [1.165, 1.54) is 19.1 Å². The van der Waals surface area contributed by atoms with Gasteiger partial charge in [-0.3, -0.25) is 0 Å². The number of primary sulfonamides is 1. The van der Waals surface area contributed by atoms with Crippen LogP contribution in [0.5, 0.6) is 0 Å². The van der Waals surface area contributed by atoms with Gasteiger partial charge in [-0.1, -0.05) is 12.1 Å². The molecule has 0 aliphatic carbocycles. The van der Waals surface area contributed by atoms with Crippen molar-refractivity contribution in [1.29, 1.82) is 0 Å². The topological polar surface area (TPSA) is 77.2 Å². The molecule has 15 heavy (non-hydrogen) atoms. The number of hydrogen-bond acceptors (Lipinski definition) is 3. The van der Waals surface area contributed by atoms with Crippen molar-refractivity contribution in [2.24, 2.45) is 5.14 Å². The molecule has 0 saturated heterocycles. The summed E-state index contributed by atoms with van der Waals surface area (Å²) in [5.74, 6) is 0.0796. The number of rotatable bonds is 4. The van der Waals surface area contributed by atoms with Crippen LogP contribution in [0.15, 0.2) is 29.2 Å². The molecule has 0 aliphatic rings. The zero-order chi connectivity index (χ0) is 11.5. The van der Waals surface area contributed by atoms with E-state index >= 15 is 0 Å². The summed E-state index contributed by atoms with van der Waals surface area (Å²) >= 11 is 0. The quantitative estimate of drug-likeness (QED) is 0.828. The first-order chi connectivity index (χ1) is 6.89. The van der Waals surface area contributed by atoms with Crippen molar-refractivity contribution in [2.45, 2.75) is 24.7 Å². The highest BCUT2D eigenvalue weighted by atomic mass is 32.2. The van der Waals surface area contributed by atoms with Crippen molar-refractivity contribution >= 4 is 15.8 Å². The van der Waals surface area contributed by atoms with Crippen molar-refractivity contribution in [3.05, 3.63) is 29.8 Å². The molecule has 82 valence electrons. The molecule has 0 radical (unpaired) electrons. The molecule has 4 nitrogen and oxygen atoms in total. The molecule has 0 atom stereocenters. The lowest BCUT2D eigenvalue weighted by molar-refractivity contribution is -0.116. The third-order valence-electron chi connectivity index (χ3n) is 1.99. The molecule has 0 aromatic heterocycles. The van der Waals surface area contributed by atoms with Crippen LogP contribution in [0.3, 0.4) is 0 Å². The zero-order valence-corrected chi connectivity index (χ0v) is 9.25. The Kier molecular flexibility index (Phi) is 3.60. The average Bonchev–Trinajstić information content (AvgIpc) is 2.14. The number of ketones is 1. The van der Waals surface area contributed by atoms with Crippen LogP contribution >= 0.6 is 0 Å². The molecule has 0 spiro atoms. The highest BCUT2D eigenvalue weighted by Gasteiger charge is 2.07. The lowest BCUT2D eigenvalue weighted by atomic mass is 10.1. The standard InChI is InChI=1S/C10H13NO3S/c1-8(12)5-6-9-3-2-4-10(7-9)15(11,13)14/h2-4,7H,5-6H2,1H3,(H2,11,13,14). The van der Waals surface area contributed by atoms with Gasteiger partial charge in [0.15, 0.2) is 0 Å². The van der Waals surface area contributed by atoms with Crippen LogP contribution in [0, 0.1) is 0 Å². The Hall–Kier alpha value is -1.20. The van der Waals surface area contributed by atoms with Gasteiger partial charge in [0.1, 0.15) is 5.78 Å². The van der Waals surface area contributed by atoms with Crippen LogP contribution in [-0.2, 0) is 21.2 Å². The Morgan fingerprint density at radius 1 is 1.40 bits per heavy atom. The second kappa shape index (κ2) is 4.55. The highest BCUT2D eigenvalue weighted by molar-refractivity contribution is 7.89. The Morgan fingerprint density at radius 2 is 2.07 bits per heavy atom. The fraction of sp³-hybridized carbons (Fsp3) is 0.300. The zero-order valence-electron chi connectivity index (χ0n) is 8.43. The van der Waals surface area contributed by atoms with E-state index < -0.39 is 10.0 Å². The molecule has 1 rings (SSSR count). The molecule has 0 fully saturated rings. The normalized spacial score (nSPS) is 11.3. The molecule has 0 bridgehead atoms. The van der Waals surface area contributed by atoms with E-state index in [1.807, 2.05) is 0 Å². The number of aryl methyl sites for hydroxylation is 1. The van der Waals surface area contributed by atoms with Crippen LogP contribution in [0.1, 0.15) is 18.9 Å². The van der Waals surface area contributed by atoms with Crippen molar-refractivity contribution in [3.8, 4) is 0 Å². The lowest BCUT2D eigenvalue weighted by Crippen LogP contribution is -2.12. The van der Waals surface area contributed by atoms with Crippen LogP contribution in [0.2, 0.25) is 0 Å². The molecular formula is C10H13NO3S. The van der Waals surface area contributed by atoms with Crippen molar-refractivity contribution < 1.29 is 13.2 Å². The van der Waals surface area contributed by atoms with Gasteiger partial charge in [0.25, 0.3) is 0 Å². The van der Waals surface area contributed by atoms with E-state index in [4.69, 9.17) is 5.14 Å². The summed E-state index contributed by atoms with van der Waals surface area (Å²) in [6.07, 6.45) is 0.951. The van der Waals surface area contributed by atoms with E-state index in [1.54, 1.807) is 12.1 Å². The minimum atomic E-state index is -3.65. The first-order valence-corrected chi connectivity index (χ1v) is 6.05. The molecule has 2 N–H and O–H groups in total. The number of carbonyl (C=O) groups excluding carboxylic acids is 1. The number of Topliss-reactive ketones (excluding diaryl/α,β-unsaturated/α-hetero) is 1. The third kappa shape index (κ3) is 3.81. The van der Waals surface area contributed by atoms with E-state index in [2.05, 4.69) is 0 Å². The number of sulfonamides is 1. The van der Waals surface area contributed by atoms with Crippen LogP contribution in [0.25, 0.3) is 0 Å². The minimum Gasteiger partial charge on any atom is -0.300 e. The van der Waals surface area contributed by atoms with Gasteiger partial charge in [-0.05, 0) is 31.0 Å². The van der Waals surface area contributed by atoms with Crippen LogP contribution in [0.4, 0.5) is 0 Å². The Bertz CT molecular complexity index is 465. The molecule has 0 unspecified atom stereocenters. The lowest BCUT2D eigenvalue weighted by Gasteiger charge is -2.02. The molecule has 0 aliphatic heterocycles. The van der Waals surface area contributed by atoms with Gasteiger partial charge in [0.2, 0.25) is 10.0 Å². The fourth-order valence-electron chi connectivity index (χ4n) is 1.20. The summed E-state index contributed by atoms with van der Waals surface area (Å²) in [6, 6.07) is 6.33. The number of benzene rings is 1. The van der Waals surface area contributed by atoms with Gasteiger partial charge in [-0.15, -0.1) is 0 Å². The maximum absolute atomic E-state index is 11.0. The van der Waals surface area contributed by atoms with E-state index in [0.717, 1.165) is 5.56 Å². The maximum atomic E-state index is 11.0. The fourth-order valence-corrected chi connectivity index (χ4v) is 1.78. The predicted molar refractivity (Wildman–Crippen MR) is 56.8 cm³/mol. The maximum Gasteiger partial charge on any atom is 0.238 e. The SMILES string of the molecule is CC(=O)CCc1cccc(S(N)(=O)=O)c1. The third-order valence-corrected chi connectivity index (χ3v) is 2.90. The summed E-state index contributed by atoms with van der Waals surface area (Å²) in [5, 5.41) is 4.99. The summed E-state index contributed by atoms with van der Waals surface area (Å²) in [4.78, 5) is 10.8. The summed E-state index contributed by atoms with van der Waals surface area (Å²) in [5.41, 5.74) is 0.803. The second-order valence-corrected chi connectivity index (χ2v) is 4.96. The highest BCUT2D eigenvalue weighted by Crippen LogP contribution is 2.11. The van der Waals surface area contributed by atoms with Crippen molar-refractivity contribution in [2.75, 3.05) is 0 Å².